The van der Waals surface area contributed by atoms with E-state index in [9.17, 15) is 17.6 Å². The Bertz CT molecular complexity index is 412. The largest absolute Gasteiger partial charge is 0.418 e. The number of rotatable bonds is 1. The molecule has 0 saturated carbocycles. The highest BCUT2D eigenvalue weighted by Crippen LogP contribution is 2.42. The fourth-order valence-corrected chi connectivity index (χ4v) is 1.74. The van der Waals surface area contributed by atoms with Gasteiger partial charge in [-0.2, -0.15) is 13.2 Å². The lowest BCUT2D eigenvalue weighted by Gasteiger charge is -2.18. The minimum absolute atomic E-state index is 0.101. The SMILES string of the molecule is CC(C)c1cc(N)c(F)c(Cl)c1C(F)(F)F. The summed E-state index contributed by atoms with van der Waals surface area (Å²) in [6.07, 6.45) is -4.69. The van der Waals surface area contributed by atoms with E-state index in [0.717, 1.165) is 6.07 Å². The van der Waals surface area contributed by atoms with Gasteiger partial charge in [-0.05, 0) is 17.5 Å². The average molecular weight is 256 g/mol. The maximum absolute atomic E-state index is 13.2. The van der Waals surface area contributed by atoms with E-state index in [1.807, 2.05) is 0 Å². The van der Waals surface area contributed by atoms with Crippen LogP contribution in [0, 0.1) is 5.82 Å². The van der Waals surface area contributed by atoms with Crippen molar-refractivity contribution in [2.75, 3.05) is 5.73 Å². The third kappa shape index (κ3) is 2.24. The molecule has 0 aliphatic carbocycles. The van der Waals surface area contributed by atoms with E-state index in [-0.39, 0.29) is 11.3 Å². The Morgan fingerprint density at radius 2 is 1.81 bits per heavy atom. The highest BCUT2D eigenvalue weighted by atomic mass is 35.5. The lowest BCUT2D eigenvalue weighted by atomic mass is 9.96. The van der Waals surface area contributed by atoms with Crippen molar-refractivity contribution in [3.63, 3.8) is 0 Å². The molecule has 1 rings (SSSR count). The first kappa shape index (κ1) is 13.1. The van der Waals surface area contributed by atoms with Crippen molar-refractivity contribution in [2.45, 2.75) is 25.9 Å². The fourth-order valence-electron chi connectivity index (χ4n) is 1.41. The first-order valence-corrected chi connectivity index (χ1v) is 4.88. The van der Waals surface area contributed by atoms with Crippen LogP contribution in [0.2, 0.25) is 5.02 Å². The zero-order valence-corrected chi connectivity index (χ0v) is 9.38. The normalized spacial score (nSPS) is 12.2. The number of alkyl halides is 3. The zero-order valence-electron chi connectivity index (χ0n) is 8.62. The Morgan fingerprint density at radius 3 is 2.19 bits per heavy atom. The van der Waals surface area contributed by atoms with Gasteiger partial charge < -0.3 is 5.73 Å². The Kier molecular flexibility index (Phi) is 3.38. The molecule has 0 atom stereocenters. The summed E-state index contributed by atoms with van der Waals surface area (Å²) in [7, 11) is 0. The number of benzene rings is 1. The Hall–Kier alpha value is -0.970. The average Bonchev–Trinajstić information content (AvgIpc) is 2.10. The van der Waals surface area contributed by atoms with Gasteiger partial charge in [-0.25, -0.2) is 4.39 Å². The molecule has 0 radical (unpaired) electrons. The first-order chi connectivity index (χ1) is 7.16. The van der Waals surface area contributed by atoms with Gasteiger partial charge >= 0.3 is 6.18 Å². The van der Waals surface area contributed by atoms with Crippen molar-refractivity contribution in [1.82, 2.24) is 0 Å². The van der Waals surface area contributed by atoms with Crippen molar-refractivity contribution in [1.29, 1.82) is 0 Å². The van der Waals surface area contributed by atoms with Gasteiger partial charge in [0.25, 0.3) is 0 Å². The standard InChI is InChI=1S/C10H10ClF4N/c1-4(2)5-3-6(16)9(12)8(11)7(5)10(13,14)15/h3-4H,16H2,1-2H3. The number of hydrogen-bond acceptors (Lipinski definition) is 1. The molecule has 90 valence electrons. The molecule has 0 bridgehead atoms. The van der Waals surface area contributed by atoms with Crippen LogP contribution in [0.3, 0.4) is 0 Å². The third-order valence-electron chi connectivity index (χ3n) is 2.17. The maximum Gasteiger partial charge on any atom is 0.418 e. The molecule has 0 spiro atoms. The predicted octanol–water partition coefficient (Wildman–Crippen LogP) is 4.20. The molecule has 16 heavy (non-hydrogen) atoms. The molecule has 0 aliphatic rings. The first-order valence-electron chi connectivity index (χ1n) is 4.50. The summed E-state index contributed by atoms with van der Waals surface area (Å²) in [5.41, 5.74) is 3.63. The van der Waals surface area contributed by atoms with Gasteiger partial charge in [0.05, 0.1) is 16.3 Å². The summed E-state index contributed by atoms with van der Waals surface area (Å²) in [5, 5.41) is -0.962. The van der Waals surface area contributed by atoms with Crippen molar-refractivity contribution < 1.29 is 17.6 Å². The highest BCUT2D eigenvalue weighted by Gasteiger charge is 2.38. The van der Waals surface area contributed by atoms with Crippen LogP contribution in [0.15, 0.2) is 6.07 Å². The fraction of sp³-hybridized carbons (Fsp3) is 0.400. The van der Waals surface area contributed by atoms with Crippen molar-refractivity contribution in [2.24, 2.45) is 0 Å². The van der Waals surface area contributed by atoms with Crippen LogP contribution >= 0.6 is 11.6 Å². The summed E-state index contributed by atoms with van der Waals surface area (Å²) in [6.45, 7) is 3.11. The highest BCUT2D eigenvalue weighted by molar-refractivity contribution is 6.32. The lowest BCUT2D eigenvalue weighted by molar-refractivity contribution is -0.138. The van der Waals surface area contributed by atoms with E-state index in [0.29, 0.717) is 0 Å². The number of anilines is 1. The minimum atomic E-state index is -4.69. The van der Waals surface area contributed by atoms with Gasteiger partial charge in [-0.15, -0.1) is 0 Å². The molecule has 0 saturated heterocycles. The molecular formula is C10H10ClF4N. The molecule has 0 heterocycles. The Labute approximate surface area is 95.2 Å². The topological polar surface area (TPSA) is 26.0 Å². The number of nitrogens with two attached hydrogens (primary N) is 1. The van der Waals surface area contributed by atoms with Crippen LogP contribution in [0.25, 0.3) is 0 Å². The quantitative estimate of drug-likeness (QED) is 0.591. The molecule has 2 N–H and O–H groups in total. The molecule has 0 aromatic heterocycles. The molecule has 0 unspecified atom stereocenters. The monoisotopic (exact) mass is 255 g/mol. The maximum atomic E-state index is 13.2. The van der Waals surface area contributed by atoms with Crippen LogP contribution in [0.1, 0.15) is 30.9 Å². The molecule has 6 heteroatoms. The molecule has 1 aromatic carbocycles. The smallest absolute Gasteiger partial charge is 0.396 e. The van der Waals surface area contributed by atoms with Crippen molar-refractivity contribution >= 4 is 17.3 Å². The Morgan fingerprint density at radius 1 is 1.31 bits per heavy atom. The zero-order chi connectivity index (χ0) is 12.7. The van der Waals surface area contributed by atoms with E-state index in [4.69, 9.17) is 17.3 Å². The molecular weight excluding hydrogens is 246 g/mol. The van der Waals surface area contributed by atoms with Crippen LogP contribution in [0.4, 0.5) is 23.2 Å². The molecule has 0 amide bonds. The second kappa shape index (κ2) is 4.13. The second-order valence-electron chi connectivity index (χ2n) is 3.71. The van der Waals surface area contributed by atoms with Crippen LogP contribution in [-0.4, -0.2) is 0 Å². The number of nitrogen functional groups attached to an aromatic ring is 1. The lowest BCUT2D eigenvalue weighted by Crippen LogP contribution is -2.13. The van der Waals surface area contributed by atoms with E-state index in [1.54, 1.807) is 13.8 Å². The van der Waals surface area contributed by atoms with E-state index in [2.05, 4.69) is 0 Å². The van der Waals surface area contributed by atoms with Crippen molar-refractivity contribution in [3.8, 4) is 0 Å². The van der Waals surface area contributed by atoms with Crippen LogP contribution in [-0.2, 0) is 6.18 Å². The van der Waals surface area contributed by atoms with Crippen LogP contribution in [0.5, 0.6) is 0 Å². The summed E-state index contributed by atoms with van der Waals surface area (Å²) in [5.74, 6) is -1.67. The van der Waals surface area contributed by atoms with Gasteiger partial charge in [-0.3, -0.25) is 0 Å². The molecule has 1 aromatic rings. The van der Waals surface area contributed by atoms with E-state index in [1.165, 1.54) is 0 Å². The number of halogens is 5. The molecule has 1 nitrogen and oxygen atoms in total. The molecule has 0 fully saturated rings. The van der Waals surface area contributed by atoms with E-state index < -0.39 is 28.5 Å². The van der Waals surface area contributed by atoms with Gasteiger partial charge in [-0.1, -0.05) is 25.4 Å². The van der Waals surface area contributed by atoms with Crippen LogP contribution < -0.4 is 5.73 Å². The predicted molar refractivity (Wildman–Crippen MR) is 54.9 cm³/mol. The summed E-state index contributed by atoms with van der Waals surface area (Å²) in [6, 6.07) is 0.981. The summed E-state index contributed by atoms with van der Waals surface area (Å²) < 4.78 is 51.3. The van der Waals surface area contributed by atoms with E-state index >= 15 is 0 Å². The van der Waals surface area contributed by atoms with Crippen molar-refractivity contribution in [3.05, 3.63) is 28.0 Å². The summed E-state index contributed by atoms with van der Waals surface area (Å²) >= 11 is 5.36. The second-order valence-corrected chi connectivity index (χ2v) is 4.09. The summed E-state index contributed by atoms with van der Waals surface area (Å²) in [4.78, 5) is 0. The Balaban J connectivity index is 3.62. The third-order valence-corrected chi connectivity index (χ3v) is 2.53. The van der Waals surface area contributed by atoms with Gasteiger partial charge in [0.1, 0.15) is 0 Å². The van der Waals surface area contributed by atoms with Gasteiger partial charge in [0, 0.05) is 0 Å². The minimum Gasteiger partial charge on any atom is -0.396 e. The van der Waals surface area contributed by atoms with Gasteiger partial charge in [0.15, 0.2) is 5.82 Å². The van der Waals surface area contributed by atoms with Gasteiger partial charge in [0.2, 0.25) is 0 Å². The number of hydrogen-bond donors (Lipinski definition) is 1. The molecule has 0 aliphatic heterocycles.